The molecule has 0 amide bonds. The van der Waals surface area contributed by atoms with Crippen molar-refractivity contribution in [1.82, 2.24) is 20.3 Å². The summed E-state index contributed by atoms with van der Waals surface area (Å²) in [4.78, 5) is 23.9. The number of nitrogens with zero attached hydrogens (tertiary/aromatic N) is 1. The number of H-pyrrole nitrogens is 2. The smallest absolute Gasteiger partial charge is 0.261 e. The maximum Gasteiger partial charge on any atom is 0.261 e. The Balaban J connectivity index is 1.70. The average molecular weight is 394 g/mol. The van der Waals surface area contributed by atoms with Crippen LogP contribution in [0.5, 0.6) is 0 Å². The summed E-state index contributed by atoms with van der Waals surface area (Å²) in [5.41, 5.74) is 3.54. The normalized spacial score (nSPS) is 16.8. The van der Waals surface area contributed by atoms with Crippen LogP contribution in [0.4, 0.5) is 5.69 Å². The summed E-state index contributed by atoms with van der Waals surface area (Å²) in [6.45, 7) is 1.77. The highest BCUT2D eigenvalue weighted by Gasteiger charge is 2.20. The molecule has 0 spiro atoms. The SMILES string of the molecule is O=c1[nH]c2ccc(Cl)cc2c(NC[C@H]2CCCN2)c1-c1nc2ccccc2[nH]1. The molecule has 0 aliphatic carbocycles. The van der Waals surface area contributed by atoms with Gasteiger partial charge < -0.3 is 20.6 Å². The molecule has 0 radical (unpaired) electrons. The molecule has 4 aromatic rings. The first kappa shape index (κ1) is 17.3. The lowest BCUT2D eigenvalue weighted by atomic mass is 10.1. The summed E-state index contributed by atoms with van der Waals surface area (Å²) in [7, 11) is 0. The molecule has 1 aliphatic heterocycles. The van der Waals surface area contributed by atoms with Gasteiger partial charge >= 0.3 is 0 Å². The molecule has 28 heavy (non-hydrogen) atoms. The third-order valence-electron chi connectivity index (χ3n) is 5.29. The number of pyridine rings is 1. The van der Waals surface area contributed by atoms with Gasteiger partial charge in [0.05, 0.1) is 22.2 Å². The first-order valence-electron chi connectivity index (χ1n) is 9.47. The van der Waals surface area contributed by atoms with Crippen molar-refractivity contribution >= 4 is 39.2 Å². The molecule has 1 atom stereocenters. The molecule has 142 valence electrons. The first-order chi connectivity index (χ1) is 13.7. The monoisotopic (exact) mass is 393 g/mol. The number of rotatable bonds is 4. The molecule has 0 unspecified atom stereocenters. The highest BCUT2D eigenvalue weighted by atomic mass is 35.5. The number of hydrogen-bond donors (Lipinski definition) is 4. The standard InChI is InChI=1S/C21H20ClN5O/c22-12-7-8-15-14(10-12)19(24-11-13-4-3-9-23-13)18(21(28)27-15)20-25-16-5-1-2-6-17(16)26-20/h1-2,5-8,10,13,23H,3-4,9,11H2,(H,25,26)(H2,24,27,28)/t13-/m1/s1. The van der Waals surface area contributed by atoms with Crippen molar-refractivity contribution < 1.29 is 0 Å². The van der Waals surface area contributed by atoms with Gasteiger partial charge in [-0.15, -0.1) is 0 Å². The number of aromatic amines is 2. The fraction of sp³-hybridized carbons (Fsp3) is 0.238. The Morgan fingerprint density at radius 1 is 1.14 bits per heavy atom. The molecule has 1 fully saturated rings. The van der Waals surface area contributed by atoms with Crippen LogP contribution in [0, 0.1) is 0 Å². The van der Waals surface area contributed by atoms with Crippen molar-refractivity contribution in [3.63, 3.8) is 0 Å². The van der Waals surface area contributed by atoms with E-state index >= 15 is 0 Å². The maximum atomic E-state index is 13.0. The van der Waals surface area contributed by atoms with Crippen LogP contribution in [0.1, 0.15) is 12.8 Å². The van der Waals surface area contributed by atoms with Crippen LogP contribution in [0.3, 0.4) is 0 Å². The molecule has 0 bridgehead atoms. The summed E-state index contributed by atoms with van der Waals surface area (Å²) in [6, 6.07) is 13.6. The number of fused-ring (bicyclic) bond motifs is 2. The van der Waals surface area contributed by atoms with Crippen molar-refractivity contribution in [1.29, 1.82) is 0 Å². The number of imidazole rings is 1. The zero-order valence-corrected chi connectivity index (χ0v) is 15.9. The highest BCUT2D eigenvalue weighted by molar-refractivity contribution is 6.31. The number of hydrogen-bond acceptors (Lipinski definition) is 4. The molecule has 4 N–H and O–H groups in total. The Morgan fingerprint density at radius 2 is 2.04 bits per heavy atom. The van der Waals surface area contributed by atoms with Gasteiger partial charge in [-0.25, -0.2) is 4.98 Å². The molecule has 1 saturated heterocycles. The fourth-order valence-corrected chi connectivity index (χ4v) is 4.07. The molecule has 2 aromatic carbocycles. The fourth-order valence-electron chi connectivity index (χ4n) is 3.90. The van der Waals surface area contributed by atoms with Gasteiger partial charge in [0.1, 0.15) is 11.4 Å². The molecule has 1 aliphatic rings. The van der Waals surface area contributed by atoms with Gasteiger partial charge in [-0.05, 0) is 49.7 Å². The van der Waals surface area contributed by atoms with Crippen molar-refractivity contribution in [3.05, 3.63) is 57.8 Å². The average Bonchev–Trinajstić information content (AvgIpc) is 3.35. The predicted octanol–water partition coefficient (Wildman–Crippen LogP) is 3.89. The summed E-state index contributed by atoms with van der Waals surface area (Å²) < 4.78 is 0. The second-order valence-electron chi connectivity index (χ2n) is 7.17. The van der Waals surface area contributed by atoms with Gasteiger partial charge in [-0.3, -0.25) is 4.79 Å². The first-order valence-corrected chi connectivity index (χ1v) is 9.85. The van der Waals surface area contributed by atoms with E-state index < -0.39 is 0 Å². The molecule has 7 heteroatoms. The lowest BCUT2D eigenvalue weighted by molar-refractivity contribution is 0.634. The van der Waals surface area contributed by atoms with Crippen LogP contribution in [-0.4, -0.2) is 34.1 Å². The Morgan fingerprint density at radius 3 is 2.86 bits per heavy atom. The van der Waals surface area contributed by atoms with E-state index in [2.05, 4.69) is 25.6 Å². The van der Waals surface area contributed by atoms with Crippen molar-refractivity contribution in [2.24, 2.45) is 0 Å². The lowest BCUT2D eigenvalue weighted by Gasteiger charge is -2.17. The molecular formula is C21H20ClN5O. The van der Waals surface area contributed by atoms with Gasteiger partial charge in [-0.1, -0.05) is 23.7 Å². The minimum absolute atomic E-state index is 0.184. The summed E-state index contributed by atoms with van der Waals surface area (Å²) in [6.07, 6.45) is 2.29. The summed E-state index contributed by atoms with van der Waals surface area (Å²) >= 11 is 6.26. The number of aromatic nitrogens is 3. The van der Waals surface area contributed by atoms with E-state index in [1.54, 1.807) is 6.07 Å². The van der Waals surface area contributed by atoms with E-state index in [0.717, 1.165) is 47.1 Å². The maximum absolute atomic E-state index is 13.0. The highest BCUT2D eigenvalue weighted by Crippen LogP contribution is 2.32. The molecule has 3 heterocycles. The molecule has 5 rings (SSSR count). The zero-order chi connectivity index (χ0) is 19.1. The summed E-state index contributed by atoms with van der Waals surface area (Å²) in [5.74, 6) is 0.547. The second-order valence-corrected chi connectivity index (χ2v) is 7.61. The van der Waals surface area contributed by atoms with Gasteiger partial charge in [0.15, 0.2) is 0 Å². The Bertz CT molecular complexity index is 1190. The van der Waals surface area contributed by atoms with Crippen LogP contribution >= 0.6 is 11.6 Å². The van der Waals surface area contributed by atoms with Gasteiger partial charge in [0.25, 0.3) is 5.56 Å². The molecule has 0 saturated carbocycles. The number of nitrogens with one attached hydrogen (secondary N) is 4. The molecular weight excluding hydrogens is 374 g/mol. The lowest BCUT2D eigenvalue weighted by Crippen LogP contribution is -2.30. The third kappa shape index (κ3) is 3.04. The minimum Gasteiger partial charge on any atom is -0.382 e. The number of para-hydroxylation sites is 2. The van der Waals surface area contributed by atoms with E-state index in [1.165, 1.54) is 6.42 Å². The van der Waals surface area contributed by atoms with Crippen LogP contribution in [0.2, 0.25) is 5.02 Å². The van der Waals surface area contributed by atoms with E-state index in [0.29, 0.717) is 22.5 Å². The van der Waals surface area contributed by atoms with Gasteiger partial charge in [0, 0.05) is 23.0 Å². The van der Waals surface area contributed by atoms with E-state index in [9.17, 15) is 4.79 Å². The predicted molar refractivity (Wildman–Crippen MR) is 114 cm³/mol. The van der Waals surface area contributed by atoms with Gasteiger partial charge in [-0.2, -0.15) is 0 Å². The van der Waals surface area contributed by atoms with Crippen molar-refractivity contribution in [2.45, 2.75) is 18.9 Å². The van der Waals surface area contributed by atoms with E-state index in [1.807, 2.05) is 36.4 Å². The Labute approximate surface area is 166 Å². The zero-order valence-electron chi connectivity index (χ0n) is 15.2. The minimum atomic E-state index is -0.184. The van der Waals surface area contributed by atoms with Crippen LogP contribution in [-0.2, 0) is 0 Å². The van der Waals surface area contributed by atoms with Crippen molar-refractivity contribution in [3.8, 4) is 11.4 Å². The molecule has 2 aromatic heterocycles. The topological polar surface area (TPSA) is 85.6 Å². The quantitative estimate of drug-likeness (QED) is 0.423. The Hall–Kier alpha value is -2.83. The van der Waals surface area contributed by atoms with E-state index in [-0.39, 0.29) is 5.56 Å². The number of benzene rings is 2. The van der Waals surface area contributed by atoms with Crippen LogP contribution in [0.15, 0.2) is 47.3 Å². The van der Waals surface area contributed by atoms with Gasteiger partial charge in [0.2, 0.25) is 0 Å². The third-order valence-corrected chi connectivity index (χ3v) is 5.53. The van der Waals surface area contributed by atoms with Crippen LogP contribution in [0.25, 0.3) is 33.3 Å². The second kappa shape index (κ2) is 6.96. The van der Waals surface area contributed by atoms with Crippen LogP contribution < -0.4 is 16.2 Å². The number of halogens is 1. The molecule has 6 nitrogen and oxygen atoms in total. The number of anilines is 1. The van der Waals surface area contributed by atoms with E-state index in [4.69, 9.17) is 11.6 Å². The van der Waals surface area contributed by atoms with Crippen molar-refractivity contribution in [2.75, 3.05) is 18.4 Å². The summed E-state index contributed by atoms with van der Waals surface area (Å²) in [5, 5.41) is 8.49. The largest absolute Gasteiger partial charge is 0.382 e. The Kier molecular flexibility index (Phi) is 4.30.